The molecule has 0 aliphatic carbocycles. The van der Waals surface area contributed by atoms with Crippen molar-refractivity contribution in [2.45, 2.75) is 182 Å². The molecule has 0 aromatic heterocycles. The number of hydrogen-bond donors (Lipinski definition) is 0. The Morgan fingerprint density at radius 1 is 0.395 bits per heavy atom. The lowest BCUT2D eigenvalue weighted by Gasteiger charge is -2.28. The standard InChI is InChI=1S/C32H68P.CH4O3S/c1-5-9-13-17-18-19-20-21-22-23-24-28-32-33(29-25-14-10-6-2,30-26-15-11-7-3)31-27-16-12-8-4;1-5(2,3)4/h5-32H2,1-4H3;1H3,(H,2,3,4)/q+1;/p-1. The van der Waals surface area contributed by atoms with Crippen molar-refractivity contribution in [3.8, 4) is 0 Å². The summed E-state index contributed by atoms with van der Waals surface area (Å²) >= 11 is 0. The number of rotatable bonds is 28. The maximum Gasteiger partial charge on any atom is 0.0916 e. The van der Waals surface area contributed by atoms with Gasteiger partial charge in [0.1, 0.15) is 0 Å². The summed E-state index contributed by atoms with van der Waals surface area (Å²) in [5.41, 5.74) is 0. The van der Waals surface area contributed by atoms with Crippen LogP contribution in [0.15, 0.2) is 0 Å². The summed E-state index contributed by atoms with van der Waals surface area (Å²) in [6.07, 6.45) is 42.7. The third kappa shape index (κ3) is 34.4. The SMILES string of the molecule is CCCCCCCCCCCCCC[P+](CCCCCC)(CCCCCC)CCCCCC.CS(=O)(=O)[O-]. The summed E-state index contributed by atoms with van der Waals surface area (Å²) < 4.78 is 27.2. The molecule has 0 unspecified atom stereocenters. The smallest absolute Gasteiger partial charge is 0.0916 e. The van der Waals surface area contributed by atoms with E-state index in [2.05, 4.69) is 27.7 Å². The molecule has 0 saturated carbocycles. The van der Waals surface area contributed by atoms with Gasteiger partial charge in [-0.2, -0.15) is 0 Å². The molecule has 0 N–H and O–H groups in total. The summed E-state index contributed by atoms with van der Waals surface area (Å²) in [4.78, 5) is 0. The molecule has 0 spiro atoms. The van der Waals surface area contributed by atoms with E-state index in [1.54, 1.807) is 50.3 Å². The molecule has 0 heterocycles. The van der Waals surface area contributed by atoms with Gasteiger partial charge in [0.25, 0.3) is 0 Å². The molecule has 0 aromatic carbocycles. The van der Waals surface area contributed by atoms with Crippen molar-refractivity contribution in [2.24, 2.45) is 0 Å². The first kappa shape index (κ1) is 40.5. The van der Waals surface area contributed by atoms with Crippen LogP contribution in [-0.2, 0) is 10.1 Å². The Bertz CT molecular complexity index is 511. The third-order valence-corrected chi connectivity index (χ3v) is 13.0. The third-order valence-electron chi connectivity index (χ3n) is 7.94. The van der Waals surface area contributed by atoms with E-state index in [-0.39, 0.29) is 0 Å². The van der Waals surface area contributed by atoms with Gasteiger partial charge in [0.2, 0.25) is 0 Å². The van der Waals surface area contributed by atoms with Crippen molar-refractivity contribution < 1.29 is 13.0 Å². The van der Waals surface area contributed by atoms with Crippen molar-refractivity contribution >= 4 is 17.4 Å². The second kappa shape index (κ2) is 30.3. The fourth-order valence-electron chi connectivity index (χ4n) is 5.58. The Hall–Kier alpha value is 0.340. The summed E-state index contributed by atoms with van der Waals surface area (Å²) in [6, 6.07) is 0. The van der Waals surface area contributed by atoms with Gasteiger partial charge in [-0.05, 0) is 51.4 Å². The molecule has 38 heavy (non-hydrogen) atoms. The lowest BCUT2D eigenvalue weighted by atomic mass is 10.1. The van der Waals surface area contributed by atoms with Crippen LogP contribution in [0.1, 0.15) is 182 Å². The van der Waals surface area contributed by atoms with Gasteiger partial charge < -0.3 is 4.55 Å². The van der Waals surface area contributed by atoms with Crippen molar-refractivity contribution in [3.63, 3.8) is 0 Å². The van der Waals surface area contributed by atoms with Crippen molar-refractivity contribution in [1.82, 2.24) is 0 Å². The van der Waals surface area contributed by atoms with Gasteiger partial charge in [0.15, 0.2) is 0 Å². The van der Waals surface area contributed by atoms with Crippen LogP contribution in [-0.4, -0.2) is 43.9 Å². The van der Waals surface area contributed by atoms with Crippen LogP contribution in [0.3, 0.4) is 0 Å². The van der Waals surface area contributed by atoms with Gasteiger partial charge in [0.05, 0.1) is 34.8 Å². The van der Waals surface area contributed by atoms with Crippen LogP contribution in [0.5, 0.6) is 0 Å². The first-order chi connectivity index (χ1) is 18.2. The quantitative estimate of drug-likeness (QED) is 0.0527. The van der Waals surface area contributed by atoms with Crippen LogP contribution in [0.25, 0.3) is 0 Å². The predicted molar refractivity (Wildman–Crippen MR) is 176 cm³/mol. The minimum Gasteiger partial charge on any atom is -0.748 e. The van der Waals surface area contributed by atoms with Crippen LogP contribution in [0.4, 0.5) is 0 Å². The van der Waals surface area contributed by atoms with E-state index in [0.29, 0.717) is 6.26 Å². The van der Waals surface area contributed by atoms with Crippen molar-refractivity contribution in [3.05, 3.63) is 0 Å². The Balaban J connectivity index is 0. The van der Waals surface area contributed by atoms with Crippen molar-refractivity contribution in [2.75, 3.05) is 30.9 Å². The van der Waals surface area contributed by atoms with Crippen molar-refractivity contribution in [1.29, 1.82) is 0 Å². The van der Waals surface area contributed by atoms with Crippen LogP contribution < -0.4 is 0 Å². The van der Waals surface area contributed by atoms with E-state index >= 15 is 0 Å². The van der Waals surface area contributed by atoms with Gasteiger partial charge in [-0.1, -0.05) is 130 Å². The molecular formula is C33H71O3PS. The zero-order valence-electron chi connectivity index (χ0n) is 26.9. The van der Waals surface area contributed by atoms with Gasteiger partial charge in [-0.15, -0.1) is 0 Å². The maximum absolute atomic E-state index is 9.08. The van der Waals surface area contributed by atoms with E-state index in [0.717, 1.165) is 0 Å². The molecule has 0 saturated heterocycles. The Labute approximate surface area is 242 Å². The highest BCUT2D eigenvalue weighted by Gasteiger charge is 2.34. The number of unbranched alkanes of at least 4 members (excludes halogenated alkanes) is 20. The van der Waals surface area contributed by atoms with Crippen LogP contribution in [0.2, 0.25) is 0 Å². The fourth-order valence-corrected chi connectivity index (χ4v) is 10.5. The molecule has 0 aliphatic heterocycles. The molecule has 0 radical (unpaired) electrons. The second-order valence-electron chi connectivity index (χ2n) is 12.0. The highest BCUT2D eigenvalue weighted by atomic mass is 32.2. The highest BCUT2D eigenvalue weighted by molar-refractivity contribution is 7.84. The summed E-state index contributed by atoms with van der Waals surface area (Å²) in [5, 5.41) is 0. The first-order valence-electron chi connectivity index (χ1n) is 17.0. The maximum atomic E-state index is 9.08. The first-order valence-corrected chi connectivity index (χ1v) is 21.3. The molecule has 0 atom stereocenters. The fraction of sp³-hybridized carbons (Fsp3) is 1.00. The molecular weight excluding hydrogens is 507 g/mol. The van der Waals surface area contributed by atoms with E-state index in [1.807, 2.05) is 0 Å². The zero-order chi connectivity index (χ0) is 28.8. The molecule has 0 fully saturated rings. The van der Waals surface area contributed by atoms with E-state index < -0.39 is 17.4 Å². The Morgan fingerprint density at radius 3 is 0.763 bits per heavy atom. The van der Waals surface area contributed by atoms with Gasteiger partial charge in [-0.3, -0.25) is 0 Å². The molecule has 0 aliphatic rings. The molecule has 232 valence electrons. The number of hydrogen-bond acceptors (Lipinski definition) is 3. The molecule has 0 aromatic rings. The lowest BCUT2D eigenvalue weighted by molar-refractivity contribution is 0.470. The van der Waals surface area contributed by atoms with E-state index in [9.17, 15) is 0 Å². The normalized spacial score (nSPS) is 11.9. The minimum atomic E-state index is -3.92. The molecule has 0 bridgehead atoms. The average molecular weight is 579 g/mol. The monoisotopic (exact) mass is 578 g/mol. The van der Waals surface area contributed by atoms with Crippen LogP contribution in [0, 0.1) is 0 Å². The van der Waals surface area contributed by atoms with E-state index in [4.69, 9.17) is 13.0 Å². The van der Waals surface area contributed by atoms with Crippen LogP contribution >= 0.6 is 7.26 Å². The highest BCUT2D eigenvalue weighted by Crippen LogP contribution is 2.61. The summed E-state index contributed by atoms with van der Waals surface area (Å²) in [5.74, 6) is 0. The van der Waals surface area contributed by atoms with Gasteiger partial charge in [0, 0.05) is 13.5 Å². The lowest BCUT2D eigenvalue weighted by Crippen LogP contribution is -2.13. The predicted octanol–water partition coefficient (Wildman–Crippen LogP) is 11.6. The van der Waals surface area contributed by atoms with Gasteiger partial charge >= 0.3 is 0 Å². The molecule has 0 rings (SSSR count). The Kier molecular flexibility index (Phi) is 32.3. The Morgan fingerprint density at radius 2 is 0.553 bits per heavy atom. The largest absolute Gasteiger partial charge is 0.748 e. The second-order valence-corrected chi connectivity index (χ2v) is 17.9. The zero-order valence-corrected chi connectivity index (χ0v) is 28.6. The minimum absolute atomic E-state index is 0.604. The van der Waals surface area contributed by atoms with E-state index in [1.165, 1.54) is 128 Å². The summed E-state index contributed by atoms with van der Waals surface area (Å²) in [6.45, 7) is 9.41. The molecule has 5 heteroatoms. The summed E-state index contributed by atoms with van der Waals surface area (Å²) in [7, 11) is -4.61. The van der Waals surface area contributed by atoms with Gasteiger partial charge in [-0.25, -0.2) is 8.42 Å². The topological polar surface area (TPSA) is 57.2 Å². The average Bonchev–Trinajstić information content (AvgIpc) is 2.87. The molecule has 0 amide bonds. The molecule has 3 nitrogen and oxygen atoms in total.